The highest BCUT2D eigenvalue weighted by Gasteiger charge is 2.20. The van der Waals surface area contributed by atoms with E-state index in [0.29, 0.717) is 23.9 Å². The highest BCUT2D eigenvalue weighted by atomic mass is 35.5. The molecule has 0 fully saturated rings. The van der Waals surface area contributed by atoms with Crippen LogP contribution in [0.5, 0.6) is 5.75 Å². The van der Waals surface area contributed by atoms with E-state index in [1.165, 1.54) is 18.5 Å². The molecule has 1 aromatic carbocycles. The maximum Gasteiger partial charge on any atom is 0.240 e. The first-order valence-electron chi connectivity index (χ1n) is 8.10. The summed E-state index contributed by atoms with van der Waals surface area (Å²) in [7, 11) is -1.84. The SMILES string of the molecule is CC(C)CC(CN)NS(=O)(=O)c1ccc(OCc2ncnn2C)cc1.Cl. The van der Waals surface area contributed by atoms with Gasteiger partial charge in [0, 0.05) is 19.6 Å². The van der Waals surface area contributed by atoms with Gasteiger partial charge >= 0.3 is 0 Å². The fourth-order valence-corrected chi connectivity index (χ4v) is 3.62. The van der Waals surface area contributed by atoms with Gasteiger partial charge in [0.15, 0.2) is 5.82 Å². The molecule has 0 aliphatic heterocycles. The number of halogens is 1. The summed E-state index contributed by atoms with van der Waals surface area (Å²) >= 11 is 0. The van der Waals surface area contributed by atoms with Gasteiger partial charge in [-0.3, -0.25) is 4.68 Å². The number of hydrogen-bond acceptors (Lipinski definition) is 6. The zero-order chi connectivity index (χ0) is 18.4. The van der Waals surface area contributed by atoms with E-state index in [-0.39, 0.29) is 36.5 Å². The molecule has 0 bridgehead atoms. The van der Waals surface area contributed by atoms with Crippen LogP contribution in [0.25, 0.3) is 0 Å². The van der Waals surface area contributed by atoms with Crippen molar-refractivity contribution in [1.29, 1.82) is 0 Å². The maximum absolute atomic E-state index is 12.5. The Kier molecular flexibility index (Phi) is 8.48. The summed E-state index contributed by atoms with van der Waals surface area (Å²) in [6.45, 7) is 4.57. The average molecular weight is 404 g/mol. The van der Waals surface area contributed by atoms with Crippen molar-refractivity contribution in [2.45, 2.75) is 37.8 Å². The Hall–Kier alpha value is -1.68. The minimum absolute atomic E-state index is 0. The van der Waals surface area contributed by atoms with E-state index in [2.05, 4.69) is 14.8 Å². The summed E-state index contributed by atoms with van der Waals surface area (Å²) in [5.41, 5.74) is 5.67. The molecular formula is C16H26ClN5O3S. The number of sulfonamides is 1. The second-order valence-electron chi connectivity index (χ2n) is 6.24. The molecule has 3 N–H and O–H groups in total. The molecule has 8 nitrogen and oxygen atoms in total. The van der Waals surface area contributed by atoms with Gasteiger partial charge < -0.3 is 10.5 Å². The number of nitrogens with zero attached hydrogens (tertiary/aromatic N) is 3. The Labute approximate surface area is 160 Å². The highest BCUT2D eigenvalue weighted by molar-refractivity contribution is 7.89. The largest absolute Gasteiger partial charge is 0.486 e. The minimum atomic E-state index is -3.61. The van der Waals surface area contributed by atoms with Crippen LogP contribution in [0.3, 0.4) is 0 Å². The lowest BCUT2D eigenvalue weighted by Crippen LogP contribution is -2.40. The van der Waals surface area contributed by atoms with E-state index < -0.39 is 10.0 Å². The molecular weight excluding hydrogens is 378 g/mol. The summed E-state index contributed by atoms with van der Waals surface area (Å²) < 4.78 is 34.8. The molecule has 2 rings (SSSR count). The van der Waals surface area contributed by atoms with E-state index in [0.717, 1.165) is 0 Å². The van der Waals surface area contributed by atoms with Gasteiger partial charge in [-0.2, -0.15) is 5.10 Å². The predicted octanol–water partition coefficient (Wildman–Crippen LogP) is 1.47. The smallest absolute Gasteiger partial charge is 0.240 e. The van der Waals surface area contributed by atoms with E-state index in [4.69, 9.17) is 10.5 Å². The van der Waals surface area contributed by atoms with E-state index >= 15 is 0 Å². The molecule has 26 heavy (non-hydrogen) atoms. The molecule has 0 amide bonds. The van der Waals surface area contributed by atoms with Crippen LogP contribution in [0.4, 0.5) is 0 Å². The molecule has 146 valence electrons. The predicted molar refractivity (Wildman–Crippen MR) is 102 cm³/mol. The topological polar surface area (TPSA) is 112 Å². The summed E-state index contributed by atoms with van der Waals surface area (Å²) in [6, 6.07) is 5.97. The molecule has 1 atom stereocenters. The van der Waals surface area contributed by atoms with E-state index in [9.17, 15) is 8.42 Å². The first-order valence-corrected chi connectivity index (χ1v) is 9.58. The van der Waals surface area contributed by atoms with Crippen LogP contribution >= 0.6 is 12.4 Å². The molecule has 0 aliphatic carbocycles. The van der Waals surface area contributed by atoms with Gasteiger partial charge in [0.25, 0.3) is 0 Å². The summed E-state index contributed by atoms with van der Waals surface area (Å²) in [4.78, 5) is 4.24. The van der Waals surface area contributed by atoms with E-state index in [1.54, 1.807) is 23.9 Å². The molecule has 1 unspecified atom stereocenters. The van der Waals surface area contributed by atoms with Crippen LogP contribution in [0.15, 0.2) is 35.5 Å². The lowest BCUT2D eigenvalue weighted by Gasteiger charge is -2.19. The molecule has 2 aromatic rings. The molecule has 0 saturated heterocycles. The monoisotopic (exact) mass is 403 g/mol. The van der Waals surface area contributed by atoms with Crippen molar-refractivity contribution in [3.8, 4) is 5.75 Å². The standard InChI is InChI=1S/C16H25N5O3S.ClH/c1-12(2)8-13(9-17)20-25(22,23)15-6-4-14(5-7-15)24-10-16-18-11-19-21(16)3;/h4-7,11-13,20H,8-10,17H2,1-3H3;1H. The second kappa shape index (κ2) is 9.86. The number of hydrogen-bond donors (Lipinski definition) is 2. The summed E-state index contributed by atoms with van der Waals surface area (Å²) in [5.74, 6) is 1.59. The third-order valence-corrected chi connectivity index (χ3v) is 5.21. The number of aryl methyl sites for hydroxylation is 1. The van der Waals surface area contributed by atoms with Gasteiger partial charge in [-0.1, -0.05) is 13.8 Å². The number of nitrogens with two attached hydrogens (primary N) is 1. The van der Waals surface area contributed by atoms with Crippen molar-refractivity contribution in [3.63, 3.8) is 0 Å². The van der Waals surface area contributed by atoms with Crippen LogP contribution in [0.1, 0.15) is 26.1 Å². The van der Waals surface area contributed by atoms with Gasteiger partial charge in [0.1, 0.15) is 18.7 Å². The van der Waals surface area contributed by atoms with E-state index in [1.807, 2.05) is 13.8 Å². The van der Waals surface area contributed by atoms with Crippen LogP contribution in [-0.2, 0) is 23.7 Å². The average Bonchev–Trinajstić information content (AvgIpc) is 2.97. The zero-order valence-electron chi connectivity index (χ0n) is 15.1. The summed E-state index contributed by atoms with van der Waals surface area (Å²) in [6.07, 6.45) is 2.14. The molecule has 0 saturated carbocycles. The summed E-state index contributed by atoms with van der Waals surface area (Å²) in [5, 5.41) is 3.96. The lowest BCUT2D eigenvalue weighted by atomic mass is 10.1. The number of ether oxygens (including phenoxy) is 1. The number of rotatable bonds is 9. The van der Waals surface area contributed by atoms with Gasteiger partial charge in [0.05, 0.1) is 4.90 Å². The van der Waals surface area contributed by atoms with Crippen LogP contribution in [-0.4, -0.2) is 35.8 Å². The zero-order valence-corrected chi connectivity index (χ0v) is 16.8. The molecule has 10 heteroatoms. The van der Waals surface area contributed by atoms with Crippen LogP contribution in [0, 0.1) is 5.92 Å². The van der Waals surface area contributed by atoms with Crippen molar-refractivity contribution in [3.05, 3.63) is 36.4 Å². The van der Waals surface area contributed by atoms with Crippen molar-refractivity contribution in [1.82, 2.24) is 19.5 Å². The third kappa shape index (κ3) is 6.24. The van der Waals surface area contributed by atoms with Crippen LogP contribution in [0.2, 0.25) is 0 Å². The second-order valence-corrected chi connectivity index (χ2v) is 7.96. The molecule has 1 aromatic heterocycles. The number of benzene rings is 1. The molecule has 1 heterocycles. The molecule has 0 spiro atoms. The van der Waals surface area contributed by atoms with Gasteiger partial charge in [-0.25, -0.2) is 18.1 Å². The Morgan fingerprint density at radius 1 is 1.27 bits per heavy atom. The molecule has 0 radical (unpaired) electrons. The third-order valence-electron chi connectivity index (χ3n) is 3.67. The Bertz CT molecular complexity index is 777. The first kappa shape index (κ1) is 22.4. The van der Waals surface area contributed by atoms with Crippen molar-refractivity contribution in [2.24, 2.45) is 18.7 Å². The Balaban J connectivity index is 0.00000338. The lowest BCUT2D eigenvalue weighted by molar-refractivity contribution is 0.289. The minimum Gasteiger partial charge on any atom is -0.486 e. The Morgan fingerprint density at radius 3 is 2.42 bits per heavy atom. The quantitative estimate of drug-likeness (QED) is 0.655. The van der Waals surface area contributed by atoms with Gasteiger partial charge in [0.2, 0.25) is 10.0 Å². The van der Waals surface area contributed by atoms with Crippen molar-refractivity contribution < 1.29 is 13.2 Å². The number of nitrogens with one attached hydrogen (secondary N) is 1. The number of aromatic nitrogens is 3. The Morgan fingerprint density at radius 2 is 1.92 bits per heavy atom. The van der Waals surface area contributed by atoms with Crippen molar-refractivity contribution in [2.75, 3.05) is 6.54 Å². The van der Waals surface area contributed by atoms with Crippen LogP contribution < -0.4 is 15.2 Å². The molecule has 0 aliphatic rings. The van der Waals surface area contributed by atoms with Gasteiger partial charge in [-0.15, -0.1) is 12.4 Å². The fourth-order valence-electron chi connectivity index (χ4n) is 2.36. The van der Waals surface area contributed by atoms with Crippen molar-refractivity contribution >= 4 is 22.4 Å². The highest BCUT2D eigenvalue weighted by Crippen LogP contribution is 2.18. The first-order chi connectivity index (χ1) is 11.8. The normalized spacial score (nSPS) is 12.7. The maximum atomic E-state index is 12.5. The fraction of sp³-hybridized carbons (Fsp3) is 0.500. The van der Waals surface area contributed by atoms with Gasteiger partial charge in [-0.05, 0) is 36.6 Å².